The van der Waals surface area contributed by atoms with Crippen LogP contribution in [0.4, 0.5) is 0 Å². The molecule has 3 heteroatoms. The van der Waals surface area contributed by atoms with Gasteiger partial charge >= 0.3 is 0 Å². The first-order chi connectivity index (χ1) is 5.86. The van der Waals surface area contributed by atoms with Crippen molar-refractivity contribution in [2.75, 3.05) is 5.33 Å². The summed E-state index contributed by atoms with van der Waals surface area (Å²) in [7, 11) is 0. The number of carboxylic acid groups (broad SMARTS) is 1. The van der Waals surface area contributed by atoms with Gasteiger partial charge in [-0.1, -0.05) is 36.7 Å². The van der Waals surface area contributed by atoms with Gasteiger partial charge in [0.25, 0.3) is 0 Å². The number of rotatable bonds is 2. The summed E-state index contributed by atoms with van der Waals surface area (Å²) in [6.07, 6.45) is 1.71. The van der Waals surface area contributed by atoms with Gasteiger partial charge in [-0.05, 0) is 24.2 Å². The lowest BCUT2D eigenvalue weighted by atomic mass is 9.66. The Labute approximate surface area is 87.8 Å². The van der Waals surface area contributed by atoms with E-state index in [0.29, 0.717) is 5.92 Å². The van der Waals surface area contributed by atoms with Crippen LogP contribution in [0.5, 0.6) is 0 Å². The molecule has 0 amide bonds. The van der Waals surface area contributed by atoms with Crippen LogP contribution in [0.25, 0.3) is 0 Å². The van der Waals surface area contributed by atoms with Crippen molar-refractivity contribution in [3.63, 3.8) is 0 Å². The third kappa shape index (κ3) is 1.41. The van der Waals surface area contributed by atoms with Crippen LogP contribution < -0.4 is 5.11 Å². The predicted molar refractivity (Wildman–Crippen MR) is 53.4 cm³/mol. The zero-order chi connectivity index (χ0) is 10.3. The maximum absolute atomic E-state index is 11.1. The zero-order valence-electron chi connectivity index (χ0n) is 8.39. The Kier molecular flexibility index (Phi) is 2.77. The van der Waals surface area contributed by atoms with Crippen LogP contribution in [0.15, 0.2) is 0 Å². The predicted octanol–water partition coefficient (Wildman–Crippen LogP) is 1.57. The SMILES string of the molecule is CC1(C)[C@@H](CBr)CC[C@]1(C)C(=O)[O-]. The average molecular weight is 248 g/mol. The van der Waals surface area contributed by atoms with E-state index >= 15 is 0 Å². The molecular formula is C10H16BrO2-. The van der Waals surface area contributed by atoms with Crippen LogP contribution in [0.2, 0.25) is 0 Å². The van der Waals surface area contributed by atoms with Gasteiger partial charge in [0.1, 0.15) is 0 Å². The van der Waals surface area contributed by atoms with Crippen molar-refractivity contribution in [2.45, 2.75) is 33.6 Å². The molecule has 1 rings (SSSR count). The van der Waals surface area contributed by atoms with Crippen LogP contribution in [0.1, 0.15) is 33.6 Å². The van der Waals surface area contributed by atoms with E-state index in [1.807, 2.05) is 20.8 Å². The Hall–Kier alpha value is -0.0500. The number of hydrogen-bond donors (Lipinski definition) is 0. The lowest BCUT2D eigenvalue weighted by molar-refractivity contribution is -0.323. The average Bonchev–Trinajstić information content (AvgIpc) is 2.25. The summed E-state index contributed by atoms with van der Waals surface area (Å²) in [4.78, 5) is 11.1. The van der Waals surface area contributed by atoms with Gasteiger partial charge in [0.15, 0.2) is 0 Å². The van der Waals surface area contributed by atoms with Gasteiger partial charge in [-0.2, -0.15) is 0 Å². The lowest BCUT2D eigenvalue weighted by Gasteiger charge is -2.42. The fourth-order valence-electron chi connectivity index (χ4n) is 2.23. The van der Waals surface area contributed by atoms with Crippen LogP contribution in [0.3, 0.4) is 0 Å². The standard InChI is InChI=1S/C10H17BrO2/c1-9(2)7(6-11)4-5-10(9,3)8(12)13/h7H,4-6H2,1-3H3,(H,12,13)/p-1/t7-,10-/m1/s1. The van der Waals surface area contributed by atoms with Crippen molar-refractivity contribution < 1.29 is 9.90 Å². The minimum absolute atomic E-state index is 0.171. The Morgan fingerprint density at radius 2 is 2.08 bits per heavy atom. The molecule has 0 saturated heterocycles. The number of carbonyl (C=O) groups excluding carboxylic acids is 1. The van der Waals surface area contributed by atoms with Crippen molar-refractivity contribution in [1.29, 1.82) is 0 Å². The topological polar surface area (TPSA) is 40.1 Å². The first-order valence-corrected chi connectivity index (χ1v) is 5.76. The van der Waals surface area contributed by atoms with Crippen LogP contribution in [-0.2, 0) is 4.79 Å². The van der Waals surface area contributed by atoms with Gasteiger partial charge in [0.2, 0.25) is 0 Å². The minimum atomic E-state index is -0.902. The molecule has 2 atom stereocenters. The molecule has 13 heavy (non-hydrogen) atoms. The van der Waals surface area contributed by atoms with Crippen LogP contribution in [-0.4, -0.2) is 11.3 Å². The molecule has 0 N–H and O–H groups in total. The smallest absolute Gasteiger partial charge is 0.0478 e. The van der Waals surface area contributed by atoms with Crippen molar-refractivity contribution in [3.8, 4) is 0 Å². The van der Waals surface area contributed by atoms with Gasteiger partial charge in [0.05, 0.1) is 0 Å². The normalized spacial score (nSPS) is 37.7. The Morgan fingerprint density at radius 3 is 2.31 bits per heavy atom. The van der Waals surface area contributed by atoms with Crippen molar-refractivity contribution in [2.24, 2.45) is 16.7 Å². The molecule has 0 spiro atoms. The van der Waals surface area contributed by atoms with E-state index in [-0.39, 0.29) is 5.41 Å². The Morgan fingerprint density at radius 1 is 1.54 bits per heavy atom. The van der Waals surface area contributed by atoms with E-state index in [0.717, 1.165) is 18.2 Å². The highest BCUT2D eigenvalue weighted by atomic mass is 79.9. The third-order valence-corrected chi connectivity index (χ3v) is 4.85. The summed E-state index contributed by atoms with van der Waals surface area (Å²) in [6.45, 7) is 5.87. The second-order valence-electron chi connectivity index (χ2n) is 4.73. The van der Waals surface area contributed by atoms with Gasteiger partial charge in [0, 0.05) is 16.7 Å². The molecule has 1 aliphatic rings. The molecule has 76 valence electrons. The molecule has 0 aliphatic heterocycles. The van der Waals surface area contributed by atoms with Gasteiger partial charge in [-0.15, -0.1) is 0 Å². The van der Waals surface area contributed by atoms with Gasteiger partial charge in [-0.25, -0.2) is 0 Å². The van der Waals surface area contributed by atoms with E-state index in [1.165, 1.54) is 0 Å². The molecule has 0 bridgehead atoms. The highest BCUT2D eigenvalue weighted by Gasteiger charge is 2.51. The summed E-state index contributed by atoms with van der Waals surface area (Å²) in [5.41, 5.74) is -0.833. The quantitative estimate of drug-likeness (QED) is 0.696. The minimum Gasteiger partial charge on any atom is -0.550 e. The van der Waals surface area contributed by atoms with Crippen molar-refractivity contribution >= 4 is 21.9 Å². The van der Waals surface area contributed by atoms with E-state index in [9.17, 15) is 9.90 Å². The highest BCUT2D eigenvalue weighted by Crippen LogP contribution is 2.55. The number of hydrogen-bond acceptors (Lipinski definition) is 2. The molecule has 0 heterocycles. The Balaban J connectivity index is 2.99. The molecule has 1 fully saturated rings. The molecule has 0 radical (unpaired) electrons. The van der Waals surface area contributed by atoms with E-state index < -0.39 is 11.4 Å². The summed E-state index contributed by atoms with van der Waals surface area (Å²) < 4.78 is 0. The first-order valence-electron chi connectivity index (χ1n) is 4.63. The summed E-state index contributed by atoms with van der Waals surface area (Å²) in [5.74, 6) is -0.462. The fourth-order valence-corrected chi connectivity index (χ4v) is 3.36. The molecule has 0 aromatic carbocycles. The molecule has 0 aromatic rings. The van der Waals surface area contributed by atoms with Gasteiger partial charge < -0.3 is 9.90 Å². The summed E-state index contributed by atoms with van der Waals surface area (Å²) in [5, 5.41) is 12.0. The molecule has 2 nitrogen and oxygen atoms in total. The summed E-state index contributed by atoms with van der Waals surface area (Å²) in [6, 6.07) is 0. The van der Waals surface area contributed by atoms with E-state index in [2.05, 4.69) is 15.9 Å². The van der Waals surface area contributed by atoms with E-state index in [1.54, 1.807) is 0 Å². The number of aliphatic carboxylic acids is 1. The van der Waals surface area contributed by atoms with Crippen molar-refractivity contribution in [3.05, 3.63) is 0 Å². The van der Waals surface area contributed by atoms with Gasteiger partial charge in [-0.3, -0.25) is 0 Å². The maximum Gasteiger partial charge on any atom is 0.0478 e. The number of halogens is 1. The monoisotopic (exact) mass is 247 g/mol. The summed E-state index contributed by atoms with van der Waals surface area (Å²) >= 11 is 3.44. The molecule has 0 aromatic heterocycles. The molecular weight excluding hydrogens is 232 g/mol. The van der Waals surface area contributed by atoms with Crippen molar-refractivity contribution in [1.82, 2.24) is 0 Å². The largest absolute Gasteiger partial charge is 0.550 e. The highest BCUT2D eigenvalue weighted by molar-refractivity contribution is 9.09. The second-order valence-corrected chi connectivity index (χ2v) is 5.38. The van der Waals surface area contributed by atoms with E-state index in [4.69, 9.17) is 0 Å². The van der Waals surface area contributed by atoms with Crippen LogP contribution >= 0.6 is 15.9 Å². The number of alkyl halides is 1. The lowest BCUT2D eigenvalue weighted by Crippen LogP contribution is -2.48. The number of carboxylic acids is 1. The second kappa shape index (κ2) is 3.26. The Bertz CT molecular complexity index is 225. The molecule has 0 unspecified atom stereocenters. The maximum atomic E-state index is 11.1. The molecule has 1 saturated carbocycles. The number of carbonyl (C=O) groups is 1. The first kappa shape index (κ1) is 11.0. The van der Waals surface area contributed by atoms with Crippen LogP contribution in [0, 0.1) is 16.7 Å². The fraction of sp³-hybridized carbons (Fsp3) is 0.900. The molecule has 1 aliphatic carbocycles. The zero-order valence-corrected chi connectivity index (χ0v) is 9.98. The third-order valence-electron chi connectivity index (χ3n) is 4.07.